The van der Waals surface area contributed by atoms with Crippen LogP contribution in [0.4, 0.5) is 5.69 Å². The van der Waals surface area contributed by atoms with E-state index in [2.05, 4.69) is 70.3 Å². The van der Waals surface area contributed by atoms with Crippen LogP contribution in [0.2, 0.25) is 0 Å². The van der Waals surface area contributed by atoms with Gasteiger partial charge in [-0.15, -0.1) is 0 Å². The Hall–Kier alpha value is -3.02. The van der Waals surface area contributed by atoms with Crippen molar-refractivity contribution in [2.75, 3.05) is 25.7 Å². The highest BCUT2D eigenvalue weighted by Gasteiger charge is 2.43. The SMILES string of the molecule is COc1ccc2c(c1)C1NNC(c3ccccc3)C1CN2Cc1ccccc1OC. The maximum absolute atomic E-state index is 5.62. The summed E-state index contributed by atoms with van der Waals surface area (Å²) in [6.45, 7) is 1.75. The molecule has 5 nitrogen and oxygen atoms in total. The van der Waals surface area contributed by atoms with Crippen molar-refractivity contribution in [3.8, 4) is 11.5 Å². The van der Waals surface area contributed by atoms with Crippen LogP contribution in [0.25, 0.3) is 0 Å². The summed E-state index contributed by atoms with van der Waals surface area (Å²) in [6, 6.07) is 25.8. The van der Waals surface area contributed by atoms with Crippen LogP contribution in [0.5, 0.6) is 11.5 Å². The lowest BCUT2D eigenvalue weighted by atomic mass is 9.82. The van der Waals surface area contributed by atoms with Crippen molar-refractivity contribution in [3.05, 3.63) is 89.5 Å². The van der Waals surface area contributed by atoms with Crippen LogP contribution in [-0.2, 0) is 6.54 Å². The molecular weight excluding hydrogens is 374 g/mol. The van der Waals surface area contributed by atoms with Crippen molar-refractivity contribution < 1.29 is 9.47 Å². The number of anilines is 1. The first-order chi connectivity index (χ1) is 14.8. The smallest absolute Gasteiger partial charge is 0.123 e. The van der Waals surface area contributed by atoms with Crippen LogP contribution in [-0.4, -0.2) is 20.8 Å². The second kappa shape index (κ2) is 8.01. The Balaban J connectivity index is 1.54. The Morgan fingerprint density at radius 2 is 1.63 bits per heavy atom. The van der Waals surface area contributed by atoms with E-state index < -0.39 is 0 Å². The van der Waals surface area contributed by atoms with Crippen LogP contribution in [0, 0.1) is 5.92 Å². The Morgan fingerprint density at radius 1 is 0.867 bits per heavy atom. The number of nitrogens with zero attached hydrogens (tertiary/aromatic N) is 1. The molecule has 5 heteroatoms. The first-order valence-corrected chi connectivity index (χ1v) is 10.4. The van der Waals surface area contributed by atoms with Crippen LogP contribution < -0.4 is 25.2 Å². The van der Waals surface area contributed by atoms with E-state index in [0.29, 0.717) is 5.92 Å². The first kappa shape index (κ1) is 19.0. The molecule has 0 amide bonds. The van der Waals surface area contributed by atoms with E-state index in [9.17, 15) is 0 Å². The van der Waals surface area contributed by atoms with Gasteiger partial charge >= 0.3 is 0 Å². The van der Waals surface area contributed by atoms with E-state index in [1.54, 1.807) is 14.2 Å². The summed E-state index contributed by atoms with van der Waals surface area (Å²) in [5.74, 6) is 2.20. The van der Waals surface area contributed by atoms with Crippen molar-refractivity contribution in [1.82, 2.24) is 10.9 Å². The number of rotatable bonds is 5. The molecule has 1 fully saturated rings. The lowest BCUT2D eigenvalue weighted by Gasteiger charge is -2.39. The number of nitrogens with one attached hydrogen (secondary N) is 2. The zero-order chi connectivity index (χ0) is 20.5. The van der Waals surface area contributed by atoms with E-state index in [4.69, 9.17) is 9.47 Å². The summed E-state index contributed by atoms with van der Waals surface area (Å²) in [4.78, 5) is 2.47. The van der Waals surface area contributed by atoms with Crippen molar-refractivity contribution >= 4 is 5.69 Å². The molecule has 3 aromatic rings. The summed E-state index contributed by atoms with van der Waals surface area (Å²) < 4.78 is 11.2. The monoisotopic (exact) mass is 401 g/mol. The highest BCUT2D eigenvalue weighted by molar-refractivity contribution is 5.61. The van der Waals surface area contributed by atoms with Crippen molar-refractivity contribution in [3.63, 3.8) is 0 Å². The number of para-hydroxylation sites is 1. The molecule has 0 bridgehead atoms. The minimum Gasteiger partial charge on any atom is -0.497 e. The highest BCUT2D eigenvalue weighted by atomic mass is 16.5. The molecule has 0 radical (unpaired) electrons. The fourth-order valence-electron chi connectivity index (χ4n) is 4.83. The van der Waals surface area contributed by atoms with Crippen molar-refractivity contribution in [2.45, 2.75) is 18.6 Å². The van der Waals surface area contributed by atoms with Gasteiger partial charge in [0, 0.05) is 30.3 Å². The molecule has 0 spiro atoms. The molecular formula is C25H27N3O2. The Labute approximate surface area is 177 Å². The molecule has 30 heavy (non-hydrogen) atoms. The average Bonchev–Trinajstić information content (AvgIpc) is 3.24. The number of hydrogen-bond donors (Lipinski definition) is 2. The minimum atomic E-state index is 0.231. The molecule has 3 unspecified atom stereocenters. The molecule has 3 atom stereocenters. The predicted molar refractivity (Wildman–Crippen MR) is 119 cm³/mol. The summed E-state index contributed by atoms with van der Waals surface area (Å²) >= 11 is 0. The molecule has 2 N–H and O–H groups in total. The van der Waals surface area contributed by atoms with E-state index in [1.807, 2.05) is 18.2 Å². The van der Waals surface area contributed by atoms with Gasteiger partial charge in [0.15, 0.2) is 0 Å². The van der Waals surface area contributed by atoms with Crippen molar-refractivity contribution in [1.29, 1.82) is 0 Å². The minimum absolute atomic E-state index is 0.231. The zero-order valence-corrected chi connectivity index (χ0v) is 17.3. The van der Waals surface area contributed by atoms with Gasteiger partial charge in [-0.2, -0.15) is 0 Å². The normalized spacial score (nSPS) is 22.3. The fraction of sp³-hybridized carbons (Fsp3) is 0.280. The molecule has 3 aromatic carbocycles. The van der Waals surface area contributed by atoms with E-state index >= 15 is 0 Å². The Bertz CT molecular complexity index is 1020. The third-order valence-electron chi connectivity index (χ3n) is 6.30. The number of benzene rings is 3. The Morgan fingerprint density at radius 3 is 2.43 bits per heavy atom. The highest BCUT2D eigenvalue weighted by Crippen LogP contribution is 2.46. The molecule has 0 aromatic heterocycles. The van der Waals surface area contributed by atoms with Gasteiger partial charge in [-0.05, 0) is 35.4 Å². The molecule has 2 heterocycles. The van der Waals surface area contributed by atoms with E-state index in [1.165, 1.54) is 22.4 Å². The third kappa shape index (κ3) is 3.30. The number of fused-ring (bicyclic) bond motifs is 3. The first-order valence-electron chi connectivity index (χ1n) is 10.4. The largest absolute Gasteiger partial charge is 0.497 e. The average molecular weight is 402 g/mol. The topological polar surface area (TPSA) is 45.8 Å². The molecule has 2 aliphatic heterocycles. The van der Waals surface area contributed by atoms with Gasteiger partial charge in [-0.1, -0.05) is 48.5 Å². The molecule has 154 valence electrons. The quantitative estimate of drug-likeness (QED) is 0.670. The third-order valence-corrected chi connectivity index (χ3v) is 6.30. The van der Waals surface area contributed by atoms with Crippen LogP contribution >= 0.6 is 0 Å². The summed E-state index contributed by atoms with van der Waals surface area (Å²) in [6.07, 6.45) is 0. The summed E-state index contributed by atoms with van der Waals surface area (Å²) in [7, 11) is 3.46. The van der Waals surface area contributed by atoms with Gasteiger partial charge in [0.1, 0.15) is 11.5 Å². The maximum atomic E-state index is 5.62. The molecule has 5 rings (SSSR count). The molecule has 0 saturated carbocycles. The van der Waals surface area contributed by atoms with E-state index in [-0.39, 0.29) is 12.1 Å². The van der Waals surface area contributed by atoms with Gasteiger partial charge in [0.05, 0.1) is 26.3 Å². The van der Waals surface area contributed by atoms with Crippen LogP contribution in [0.15, 0.2) is 72.8 Å². The maximum Gasteiger partial charge on any atom is 0.123 e. The fourth-order valence-corrected chi connectivity index (χ4v) is 4.83. The number of hydrazine groups is 1. The second-order valence-electron chi connectivity index (χ2n) is 7.94. The zero-order valence-electron chi connectivity index (χ0n) is 17.3. The number of methoxy groups -OCH3 is 2. The second-order valence-corrected chi connectivity index (χ2v) is 7.94. The Kier molecular flexibility index (Phi) is 5.07. The molecule has 2 aliphatic rings. The lowest BCUT2D eigenvalue weighted by Crippen LogP contribution is -2.39. The van der Waals surface area contributed by atoms with Gasteiger partial charge < -0.3 is 14.4 Å². The van der Waals surface area contributed by atoms with Gasteiger partial charge in [0.25, 0.3) is 0 Å². The standard InChI is InChI=1S/C25H27N3O2/c1-29-19-12-13-22-20(14-19)25-21(24(26-27-25)17-8-4-3-5-9-17)16-28(22)15-18-10-6-7-11-23(18)30-2/h3-14,21,24-27H,15-16H2,1-2H3. The van der Waals surface area contributed by atoms with Crippen LogP contribution in [0.1, 0.15) is 28.8 Å². The van der Waals surface area contributed by atoms with E-state index in [0.717, 1.165) is 24.6 Å². The van der Waals surface area contributed by atoms with Gasteiger partial charge in [-0.25, -0.2) is 10.9 Å². The predicted octanol–water partition coefficient (Wildman–Crippen LogP) is 4.23. The van der Waals surface area contributed by atoms with Crippen molar-refractivity contribution in [2.24, 2.45) is 5.92 Å². The molecule has 0 aliphatic carbocycles. The van der Waals surface area contributed by atoms with Gasteiger partial charge in [0.2, 0.25) is 0 Å². The van der Waals surface area contributed by atoms with Gasteiger partial charge in [-0.3, -0.25) is 0 Å². The number of hydrogen-bond acceptors (Lipinski definition) is 5. The number of ether oxygens (including phenoxy) is 2. The van der Waals surface area contributed by atoms with Crippen LogP contribution in [0.3, 0.4) is 0 Å². The summed E-state index contributed by atoms with van der Waals surface area (Å²) in [5.41, 5.74) is 12.1. The summed E-state index contributed by atoms with van der Waals surface area (Å²) in [5, 5.41) is 0. The lowest BCUT2D eigenvalue weighted by molar-refractivity contribution is 0.388. The molecule has 1 saturated heterocycles.